The minimum atomic E-state index is -0.159. The van der Waals surface area contributed by atoms with E-state index in [1.165, 1.54) is 17.7 Å². The molecule has 4 aromatic rings. The zero-order valence-electron chi connectivity index (χ0n) is 12.5. The summed E-state index contributed by atoms with van der Waals surface area (Å²) in [4.78, 5) is 24.7. The molecule has 0 aliphatic carbocycles. The highest BCUT2D eigenvalue weighted by Crippen LogP contribution is 2.35. The molecular formula is C16H12N4O2S. The van der Waals surface area contributed by atoms with Crippen LogP contribution in [0.5, 0.6) is 0 Å². The Morgan fingerprint density at radius 2 is 2.04 bits per heavy atom. The maximum Gasteiger partial charge on any atom is 0.268 e. The minimum absolute atomic E-state index is 0.159. The van der Waals surface area contributed by atoms with Crippen molar-refractivity contribution in [2.24, 2.45) is 0 Å². The van der Waals surface area contributed by atoms with E-state index in [1.807, 2.05) is 38.1 Å². The number of rotatable bonds is 2. The summed E-state index contributed by atoms with van der Waals surface area (Å²) < 4.78 is 5.42. The Kier molecular flexibility index (Phi) is 3.09. The maximum atomic E-state index is 12.0. The third-order valence-electron chi connectivity index (χ3n) is 3.74. The fraction of sp³-hybridized carbons (Fsp3) is 0.125. The van der Waals surface area contributed by atoms with Gasteiger partial charge in [-0.1, -0.05) is 29.4 Å². The first-order valence-corrected chi connectivity index (χ1v) is 7.83. The molecule has 0 spiro atoms. The van der Waals surface area contributed by atoms with Gasteiger partial charge in [0.05, 0.1) is 16.6 Å². The number of hydrogen-bond donors (Lipinski definition) is 1. The molecule has 0 saturated carbocycles. The van der Waals surface area contributed by atoms with Crippen LogP contribution in [0.25, 0.3) is 32.4 Å². The van der Waals surface area contributed by atoms with Crippen LogP contribution in [0.2, 0.25) is 0 Å². The highest BCUT2D eigenvalue weighted by molar-refractivity contribution is 7.22. The van der Waals surface area contributed by atoms with Crippen molar-refractivity contribution >= 4 is 21.6 Å². The second-order valence-corrected chi connectivity index (χ2v) is 6.21. The highest BCUT2D eigenvalue weighted by atomic mass is 32.1. The molecule has 0 atom stereocenters. The molecule has 114 valence electrons. The van der Waals surface area contributed by atoms with Crippen LogP contribution in [-0.4, -0.2) is 20.1 Å². The van der Waals surface area contributed by atoms with Gasteiger partial charge in [0.15, 0.2) is 0 Å². The molecule has 1 aromatic carbocycles. The second kappa shape index (κ2) is 5.13. The van der Waals surface area contributed by atoms with Crippen molar-refractivity contribution in [3.63, 3.8) is 0 Å². The van der Waals surface area contributed by atoms with E-state index in [1.54, 1.807) is 0 Å². The van der Waals surface area contributed by atoms with Crippen LogP contribution in [0.4, 0.5) is 0 Å². The smallest absolute Gasteiger partial charge is 0.268 e. The number of aromatic nitrogens is 4. The van der Waals surface area contributed by atoms with E-state index in [2.05, 4.69) is 20.1 Å². The van der Waals surface area contributed by atoms with E-state index < -0.39 is 0 Å². The van der Waals surface area contributed by atoms with Crippen LogP contribution in [0.15, 0.2) is 39.9 Å². The number of nitrogens with zero attached hydrogens (tertiary/aromatic N) is 3. The molecule has 3 aromatic heterocycles. The van der Waals surface area contributed by atoms with Gasteiger partial charge in [-0.2, -0.15) is 4.98 Å². The summed E-state index contributed by atoms with van der Waals surface area (Å²) in [5.74, 6) is 0.944. The number of fused-ring (bicyclic) bond motifs is 1. The van der Waals surface area contributed by atoms with Crippen LogP contribution in [-0.2, 0) is 0 Å². The normalized spacial score (nSPS) is 11.2. The Morgan fingerprint density at radius 1 is 1.22 bits per heavy atom. The Bertz CT molecular complexity index is 1080. The number of thiophene rings is 1. The predicted molar refractivity (Wildman–Crippen MR) is 88.4 cm³/mol. The number of nitrogens with one attached hydrogen (secondary N) is 1. The molecule has 0 aliphatic rings. The standard InChI is InChI=1S/C16H12N4O2S/c1-8-5-3-4-6-10(8)13-19-15(22-20-13)12-9(2)11-14(21)17-7-18-16(11)23-12/h3-7H,1-2H3,(H,17,18,21). The number of aryl methyl sites for hydroxylation is 2. The number of benzene rings is 1. The summed E-state index contributed by atoms with van der Waals surface area (Å²) in [7, 11) is 0. The molecular weight excluding hydrogens is 312 g/mol. The topological polar surface area (TPSA) is 84.7 Å². The number of hydrogen-bond acceptors (Lipinski definition) is 6. The summed E-state index contributed by atoms with van der Waals surface area (Å²) in [6.45, 7) is 3.86. The number of aromatic amines is 1. The van der Waals surface area contributed by atoms with Gasteiger partial charge >= 0.3 is 0 Å². The van der Waals surface area contributed by atoms with Crippen molar-refractivity contribution in [1.82, 2.24) is 20.1 Å². The summed E-state index contributed by atoms with van der Waals surface area (Å²) in [6.07, 6.45) is 1.40. The molecule has 1 N–H and O–H groups in total. The van der Waals surface area contributed by atoms with Crippen LogP contribution >= 0.6 is 11.3 Å². The van der Waals surface area contributed by atoms with Crippen molar-refractivity contribution in [3.8, 4) is 22.2 Å². The first-order chi connectivity index (χ1) is 11.1. The number of H-pyrrole nitrogens is 1. The van der Waals surface area contributed by atoms with Gasteiger partial charge in [-0.05, 0) is 25.0 Å². The lowest BCUT2D eigenvalue weighted by atomic mass is 10.1. The van der Waals surface area contributed by atoms with Crippen molar-refractivity contribution in [2.45, 2.75) is 13.8 Å². The molecule has 3 heterocycles. The van der Waals surface area contributed by atoms with Crippen LogP contribution < -0.4 is 5.56 Å². The van der Waals surface area contributed by atoms with E-state index in [0.717, 1.165) is 21.6 Å². The van der Waals surface area contributed by atoms with Gasteiger partial charge in [-0.25, -0.2) is 4.98 Å². The quantitative estimate of drug-likeness (QED) is 0.611. The summed E-state index contributed by atoms with van der Waals surface area (Å²) in [5, 5.41) is 4.64. The van der Waals surface area contributed by atoms with E-state index in [0.29, 0.717) is 21.9 Å². The fourth-order valence-electron chi connectivity index (χ4n) is 2.53. The van der Waals surface area contributed by atoms with Crippen molar-refractivity contribution < 1.29 is 4.52 Å². The summed E-state index contributed by atoms with van der Waals surface area (Å²) >= 11 is 1.38. The lowest BCUT2D eigenvalue weighted by molar-refractivity contribution is 0.433. The monoisotopic (exact) mass is 324 g/mol. The van der Waals surface area contributed by atoms with Crippen molar-refractivity contribution in [3.05, 3.63) is 52.1 Å². The average Bonchev–Trinajstić information content (AvgIpc) is 3.13. The lowest BCUT2D eigenvalue weighted by Gasteiger charge is -1.97. The highest BCUT2D eigenvalue weighted by Gasteiger charge is 2.19. The van der Waals surface area contributed by atoms with Crippen molar-refractivity contribution in [2.75, 3.05) is 0 Å². The van der Waals surface area contributed by atoms with Crippen molar-refractivity contribution in [1.29, 1.82) is 0 Å². The van der Waals surface area contributed by atoms with Gasteiger partial charge in [-0.15, -0.1) is 11.3 Å². The van der Waals surface area contributed by atoms with E-state index in [9.17, 15) is 4.79 Å². The van der Waals surface area contributed by atoms with Crippen LogP contribution in [0.3, 0.4) is 0 Å². The third kappa shape index (κ3) is 2.17. The Balaban J connectivity index is 1.87. The minimum Gasteiger partial charge on any atom is -0.333 e. The van der Waals surface area contributed by atoms with Gasteiger partial charge in [-0.3, -0.25) is 4.79 Å². The first kappa shape index (κ1) is 13.8. The van der Waals surface area contributed by atoms with Gasteiger partial charge in [0.1, 0.15) is 4.83 Å². The first-order valence-electron chi connectivity index (χ1n) is 7.02. The van der Waals surface area contributed by atoms with Gasteiger partial charge < -0.3 is 9.51 Å². The van der Waals surface area contributed by atoms with Crippen LogP contribution in [0, 0.1) is 13.8 Å². The molecule has 7 heteroatoms. The average molecular weight is 324 g/mol. The zero-order valence-corrected chi connectivity index (χ0v) is 13.3. The largest absolute Gasteiger partial charge is 0.333 e. The summed E-state index contributed by atoms with van der Waals surface area (Å²) in [5.41, 5.74) is 2.65. The molecule has 0 amide bonds. The van der Waals surface area contributed by atoms with Gasteiger partial charge in [0.25, 0.3) is 11.4 Å². The predicted octanol–water partition coefficient (Wildman–Crippen LogP) is 3.32. The molecule has 6 nitrogen and oxygen atoms in total. The van der Waals surface area contributed by atoms with E-state index in [4.69, 9.17) is 4.52 Å². The second-order valence-electron chi connectivity index (χ2n) is 5.21. The maximum absolute atomic E-state index is 12.0. The lowest BCUT2D eigenvalue weighted by Crippen LogP contribution is -2.05. The van der Waals surface area contributed by atoms with Gasteiger partial charge in [0.2, 0.25) is 5.82 Å². The molecule has 0 fully saturated rings. The third-order valence-corrected chi connectivity index (χ3v) is 4.93. The van der Waals surface area contributed by atoms with Gasteiger partial charge in [0, 0.05) is 5.56 Å². The van der Waals surface area contributed by atoms with E-state index in [-0.39, 0.29) is 5.56 Å². The zero-order chi connectivity index (χ0) is 16.0. The Morgan fingerprint density at radius 3 is 2.83 bits per heavy atom. The van der Waals surface area contributed by atoms with Crippen LogP contribution in [0.1, 0.15) is 11.1 Å². The molecule has 0 saturated heterocycles. The molecule has 0 unspecified atom stereocenters. The summed E-state index contributed by atoms with van der Waals surface area (Å²) in [6, 6.07) is 7.86. The Labute approximate surface area is 134 Å². The SMILES string of the molecule is Cc1ccccc1-c1noc(-c2sc3nc[nH]c(=O)c3c2C)n1. The van der Waals surface area contributed by atoms with E-state index >= 15 is 0 Å². The fourth-order valence-corrected chi connectivity index (χ4v) is 3.60. The Hall–Kier alpha value is -2.80. The molecule has 4 rings (SSSR count). The molecule has 23 heavy (non-hydrogen) atoms. The molecule has 0 radical (unpaired) electrons. The molecule has 0 aliphatic heterocycles. The molecule has 0 bridgehead atoms.